The number of halogens is 3. The monoisotopic (exact) mass is 424 g/mol. The Hall–Kier alpha value is -1.79. The Morgan fingerprint density at radius 1 is 1.04 bits per heavy atom. The number of aryl methyl sites for hydroxylation is 1. The van der Waals surface area contributed by atoms with Crippen molar-refractivity contribution in [3.05, 3.63) is 74.9 Å². The summed E-state index contributed by atoms with van der Waals surface area (Å²) in [6, 6.07) is 14.7. The van der Waals surface area contributed by atoms with Crippen molar-refractivity contribution < 1.29 is 0 Å². The molecule has 0 bridgehead atoms. The maximum atomic E-state index is 6.24. The number of anilines is 2. The Bertz CT molecular complexity index is 935. The van der Waals surface area contributed by atoms with E-state index in [9.17, 15) is 0 Å². The highest BCUT2D eigenvalue weighted by Crippen LogP contribution is 2.26. The lowest BCUT2D eigenvalue weighted by molar-refractivity contribution is 0.668. The molecule has 2 N–H and O–H groups in total. The summed E-state index contributed by atoms with van der Waals surface area (Å²) in [7, 11) is 0. The normalized spacial score (nSPS) is 10.6. The maximum Gasteiger partial charge on any atom is 0.176 e. The van der Waals surface area contributed by atoms with Crippen LogP contribution in [0.3, 0.4) is 0 Å². The molecule has 1 aromatic heterocycles. The van der Waals surface area contributed by atoms with E-state index in [1.807, 2.05) is 48.0 Å². The first-order valence-corrected chi connectivity index (χ1v) is 9.27. The van der Waals surface area contributed by atoms with Crippen LogP contribution in [0.5, 0.6) is 0 Å². The standard InChI is InChI=1S/C18H15Cl3N4S/c1-11-8-17(23-18(26)22-13-5-2-4-12(19)9-13)24-25(11)10-14-15(20)6-3-7-16(14)21/h2-9H,10H2,1H3,(H2,22,23,24,26). The van der Waals surface area contributed by atoms with Crippen molar-refractivity contribution in [1.82, 2.24) is 9.78 Å². The topological polar surface area (TPSA) is 41.9 Å². The number of nitrogens with zero attached hydrogens (tertiary/aromatic N) is 2. The van der Waals surface area contributed by atoms with Crippen molar-refractivity contribution in [2.45, 2.75) is 13.5 Å². The zero-order valence-corrected chi connectivity index (χ0v) is 16.8. The second-order valence-corrected chi connectivity index (χ2v) is 7.28. The van der Waals surface area contributed by atoms with Crippen LogP contribution in [-0.4, -0.2) is 14.9 Å². The minimum Gasteiger partial charge on any atom is -0.332 e. The van der Waals surface area contributed by atoms with E-state index in [2.05, 4.69) is 15.7 Å². The van der Waals surface area contributed by atoms with Gasteiger partial charge >= 0.3 is 0 Å². The lowest BCUT2D eigenvalue weighted by Gasteiger charge is -2.09. The fraction of sp³-hybridized carbons (Fsp3) is 0.111. The minimum absolute atomic E-state index is 0.424. The molecule has 0 saturated carbocycles. The van der Waals surface area contributed by atoms with Crippen molar-refractivity contribution in [2.75, 3.05) is 10.6 Å². The smallest absolute Gasteiger partial charge is 0.176 e. The van der Waals surface area contributed by atoms with Gasteiger partial charge in [-0.15, -0.1) is 0 Å². The zero-order valence-electron chi connectivity index (χ0n) is 13.8. The van der Waals surface area contributed by atoms with Crippen molar-refractivity contribution in [2.24, 2.45) is 0 Å². The van der Waals surface area contributed by atoms with E-state index in [4.69, 9.17) is 47.0 Å². The van der Waals surface area contributed by atoms with Crippen LogP contribution in [0, 0.1) is 6.92 Å². The molecule has 26 heavy (non-hydrogen) atoms. The Morgan fingerprint density at radius 3 is 2.42 bits per heavy atom. The summed E-state index contributed by atoms with van der Waals surface area (Å²) < 4.78 is 1.82. The van der Waals surface area contributed by atoms with Crippen molar-refractivity contribution >= 4 is 63.6 Å². The van der Waals surface area contributed by atoms with Gasteiger partial charge in [-0.1, -0.05) is 46.9 Å². The summed E-state index contributed by atoms with van der Waals surface area (Å²) in [4.78, 5) is 0. The molecule has 0 aliphatic heterocycles. The fourth-order valence-electron chi connectivity index (χ4n) is 2.41. The van der Waals surface area contributed by atoms with Crippen molar-refractivity contribution in [1.29, 1.82) is 0 Å². The van der Waals surface area contributed by atoms with Crippen LogP contribution in [-0.2, 0) is 6.54 Å². The second-order valence-electron chi connectivity index (χ2n) is 5.62. The summed E-state index contributed by atoms with van der Waals surface area (Å²) in [5.74, 6) is 0.630. The fourth-order valence-corrected chi connectivity index (χ4v) is 3.34. The van der Waals surface area contributed by atoms with Crippen LogP contribution in [0.15, 0.2) is 48.5 Å². The Balaban J connectivity index is 1.71. The van der Waals surface area contributed by atoms with Gasteiger partial charge in [-0.05, 0) is 49.5 Å². The van der Waals surface area contributed by atoms with Crippen molar-refractivity contribution in [3.8, 4) is 0 Å². The average molecular weight is 426 g/mol. The molecule has 8 heteroatoms. The highest BCUT2D eigenvalue weighted by molar-refractivity contribution is 7.80. The third kappa shape index (κ3) is 4.68. The van der Waals surface area contributed by atoms with Crippen LogP contribution >= 0.6 is 47.0 Å². The van der Waals surface area contributed by atoms with Gasteiger partial charge < -0.3 is 10.6 Å². The Kier molecular flexibility index (Phi) is 6.04. The molecule has 3 rings (SSSR count). The van der Waals surface area contributed by atoms with E-state index >= 15 is 0 Å². The van der Waals surface area contributed by atoms with Gasteiger partial charge in [0.2, 0.25) is 0 Å². The third-order valence-electron chi connectivity index (χ3n) is 3.67. The number of aromatic nitrogens is 2. The van der Waals surface area contributed by atoms with Gasteiger partial charge in [-0.2, -0.15) is 5.10 Å². The number of hydrogen-bond donors (Lipinski definition) is 2. The molecular formula is C18H15Cl3N4S. The summed E-state index contributed by atoms with van der Waals surface area (Å²) >= 11 is 23.8. The summed E-state index contributed by atoms with van der Waals surface area (Å²) in [5.41, 5.74) is 2.58. The first-order chi connectivity index (χ1) is 12.4. The van der Waals surface area contributed by atoms with E-state index in [-0.39, 0.29) is 0 Å². The SMILES string of the molecule is Cc1cc(NC(=S)Nc2cccc(Cl)c2)nn1Cc1c(Cl)cccc1Cl. The molecule has 134 valence electrons. The van der Waals surface area contributed by atoms with Gasteiger partial charge in [0, 0.05) is 38.1 Å². The molecule has 0 saturated heterocycles. The van der Waals surface area contributed by atoms with Gasteiger partial charge in [-0.3, -0.25) is 4.68 Å². The van der Waals surface area contributed by atoms with Crippen LogP contribution in [0.4, 0.5) is 11.5 Å². The molecule has 0 unspecified atom stereocenters. The number of nitrogens with one attached hydrogen (secondary N) is 2. The van der Waals surface area contributed by atoms with E-state index < -0.39 is 0 Å². The third-order valence-corrected chi connectivity index (χ3v) is 4.82. The van der Waals surface area contributed by atoms with E-state index in [1.165, 1.54) is 0 Å². The summed E-state index contributed by atoms with van der Waals surface area (Å²) in [6.45, 7) is 2.43. The average Bonchev–Trinajstić information content (AvgIpc) is 2.90. The second kappa shape index (κ2) is 8.27. The molecule has 0 aliphatic rings. The van der Waals surface area contributed by atoms with Gasteiger partial charge in [-0.25, -0.2) is 0 Å². The molecule has 3 aromatic rings. The quantitative estimate of drug-likeness (QED) is 0.502. The first-order valence-electron chi connectivity index (χ1n) is 7.73. The molecule has 0 fully saturated rings. The van der Waals surface area contributed by atoms with Crippen LogP contribution in [0.25, 0.3) is 0 Å². The van der Waals surface area contributed by atoms with Crippen LogP contribution in [0.2, 0.25) is 15.1 Å². The molecule has 4 nitrogen and oxygen atoms in total. The Labute approximate surface area is 172 Å². The number of hydrogen-bond acceptors (Lipinski definition) is 2. The van der Waals surface area contributed by atoms with E-state index in [0.717, 1.165) is 16.9 Å². The lowest BCUT2D eigenvalue weighted by Crippen LogP contribution is -2.19. The minimum atomic E-state index is 0.424. The molecule has 1 heterocycles. The van der Waals surface area contributed by atoms with E-state index in [0.29, 0.717) is 32.5 Å². The van der Waals surface area contributed by atoms with Crippen molar-refractivity contribution in [3.63, 3.8) is 0 Å². The number of benzene rings is 2. The summed E-state index contributed by atoms with van der Waals surface area (Å²) in [6.07, 6.45) is 0. The molecule has 0 amide bonds. The number of rotatable bonds is 4. The largest absolute Gasteiger partial charge is 0.332 e. The number of thiocarbonyl (C=S) groups is 1. The highest BCUT2D eigenvalue weighted by atomic mass is 35.5. The van der Waals surface area contributed by atoms with Gasteiger partial charge in [0.1, 0.15) is 0 Å². The molecular weight excluding hydrogens is 411 g/mol. The lowest BCUT2D eigenvalue weighted by atomic mass is 10.2. The maximum absolute atomic E-state index is 6.24. The highest BCUT2D eigenvalue weighted by Gasteiger charge is 2.11. The van der Waals surface area contributed by atoms with Crippen LogP contribution < -0.4 is 10.6 Å². The van der Waals surface area contributed by atoms with Gasteiger partial charge in [0.05, 0.1) is 6.54 Å². The van der Waals surface area contributed by atoms with Gasteiger partial charge in [0.15, 0.2) is 10.9 Å². The predicted octanol–water partition coefficient (Wildman–Crippen LogP) is 6.01. The van der Waals surface area contributed by atoms with E-state index in [1.54, 1.807) is 12.1 Å². The first kappa shape index (κ1) is 19.0. The molecule has 0 aliphatic carbocycles. The molecule has 0 spiro atoms. The zero-order chi connectivity index (χ0) is 18.7. The summed E-state index contributed by atoms with van der Waals surface area (Å²) in [5, 5.41) is 12.9. The molecule has 2 aromatic carbocycles. The van der Waals surface area contributed by atoms with Gasteiger partial charge in [0.25, 0.3) is 0 Å². The predicted molar refractivity (Wildman–Crippen MR) is 114 cm³/mol. The molecule has 0 radical (unpaired) electrons. The van der Waals surface area contributed by atoms with Crippen LogP contribution in [0.1, 0.15) is 11.3 Å². The molecule has 0 atom stereocenters. The Morgan fingerprint density at radius 2 is 1.73 bits per heavy atom.